The van der Waals surface area contributed by atoms with Crippen LogP contribution in [0.4, 0.5) is 15.9 Å². The molecule has 6 rings (SSSR count). The van der Waals surface area contributed by atoms with Crippen LogP contribution in [0.5, 0.6) is 11.5 Å². The van der Waals surface area contributed by atoms with Gasteiger partial charge >= 0.3 is 0 Å². The van der Waals surface area contributed by atoms with Crippen LogP contribution in [0.2, 0.25) is 0 Å². The zero-order chi connectivity index (χ0) is 26.9. The first-order valence-electron chi connectivity index (χ1n) is 12.5. The lowest BCUT2D eigenvalue weighted by Crippen LogP contribution is -2.14. The molecule has 3 heterocycles. The summed E-state index contributed by atoms with van der Waals surface area (Å²) in [5.74, 6) is -0.215. The molecule has 0 aliphatic heterocycles. The van der Waals surface area contributed by atoms with E-state index in [-0.39, 0.29) is 29.0 Å². The molecule has 9 heteroatoms. The molecule has 1 aliphatic rings. The molecule has 8 nitrogen and oxygen atoms in total. The number of amides is 2. The number of carbonyl (C=O) groups excluding carboxylic acids is 2. The van der Waals surface area contributed by atoms with Crippen molar-refractivity contribution in [1.82, 2.24) is 14.4 Å². The fourth-order valence-corrected chi connectivity index (χ4v) is 4.19. The highest BCUT2D eigenvalue weighted by Gasteiger charge is 2.30. The standard InChI is InChI=1S/C30H24FN5O3/c1-18-7-12-24(33-28(18)19-5-3-2-4-6-19)30(38)32-21-10-13-25(23(31)15-21)39-22-11-14-27-34-26(17-36(27)16-22)35-29(37)20-8-9-20/h2-7,10-17,20H,8-9H2,1H3,(H,32,38)(H,35,37). The maximum atomic E-state index is 14.9. The quantitative estimate of drug-likeness (QED) is 0.264. The third-order valence-electron chi connectivity index (χ3n) is 6.42. The minimum atomic E-state index is -0.641. The molecule has 0 atom stereocenters. The summed E-state index contributed by atoms with van der Waals surface area (Å²) >= 11 is 0. The first-order valence-corrected chi connectivity index (χ1v) is 12.5. The Labute approximate surface area is 223 Å². The number of rotatable bonds is 7. The number of nitrogens with one attached hydrogen (secondary N) is 2. The average molecular weight is 522 g/mol. The normalized spacial score (nSPS) is 12.8. The lowest BCUT2D eigenvalue weighted by molar-refractivity contribution is -0.117. The second-order valence-electron chi connectivity index (χ2n) is 9.45. The predicted molar refractivity (Wildman–Crippen MR) is 145 cm³/mol. The summed E-state index contributed by atoms with van der Waals surface area (Å²) in [7, 11) is 0. The van der Waals surface area contributed by atoms with E-state index in [0.29, 0.717) is 22.9 Å². The third-order valence-corrected chi connectivity index (χ3v) is 6.42. The Morgan fingerprint density at radius 3 is 2.54 bits per heavy atom. The minimum absolute atomic E-state index is 0.00505. The molecule has 194 valence electrons. The van der Waals surface area contributed by atoms with E-state index in [2.05, 4.69) is 20.6 Å². The first kappa shape index (κ1) is 24.3. The van der Waals surface area contributed by atoms with Crippen LogP contribution >= 0.6 is 0 Å². The first-order chi connectivity index (χ1) is 18.9. The zero-order valence-corrected chi connectivity index (χ0v) is 21.0. The molecule has 1 aliphatic carbocycles. The van der Waals surface area contributed by atoms with Gasteiger partial charge in [-0.25, -0.2) is 14.4 Å². The van der Waals surface area contributed by atoms with Gasteiger partial charge < -0.3 is 19.8 Å². The van der Waals surface area contributed by atoms with Crippen LogP contribution in [0.1, 0.15) is 28.9 Å². The van der Waals surface area contributed by atoms with Crippen LogP contribution in [0.3, 0.4) is 0 Å². The van der Waals surface area contributed by atoms with Crippen molar-refractivity contribution in [2.45, 2.75) is 19.8 Å². The Hall–Kier alpha value is -5.05. The lowest BCUT2D eigenvalue weighted by atomic mass is 10.1. The van der Waals surface area contributed by atoms with Crippen molar-refractivity contribution in [2.75, 3.05) is 10.6 Å². The summed E-state index contributed by atoms with van der Waals surface area (Å²) in [6.07, 6.45) is 5.14. The number of hydrogen-bond donors (Lipinski definition) is 2. The number of aromatic nitrogens is 3. The van der Waals surface area contributed by atoms with E-state index in [1.807, 2.05) is 43.3 Å². The molecule has 3 aromatic heterocycles. The van der Waals surface area contributed by atoms with Gasteiger partial charge in [0.15, 0.2) is 17.4 Å². The van der Waals surface area contributed by atoms with Crippen LogP contribution in [-0.4, -0.2) is 26.2 Å². The van der Waals surface area contributed by atoms with Gasteiger partial charge in [-0.05, 0) is 55.7 Å². The molecule has 2 aromatic carbocycles. The average Bonchev–Trinajstić information content (AvgIpc) is 3.71. The molecule has 39 heavy (non-hydrogen) atoms. The summed E-state index contributed by atoms with van der Waals surface area (Å²) in [5, 5.41) is 5.51. The highest BCUT2D eigenvalue weighted by molar-refractivity contribution is 6.03. The summed E-state index contributed by atoms with van der Waals surface area (Å²) in [6, 6.07) is 20.7. The van der Waals surface area contributed by atoms with Crippen molar-refractivity contribution in [1.29, 1.82) is 0 Å². The Kier molecular flexibility index (Phi) is 6.24. The SMILES string of the molecule is Cc1ccc(C(=O)Nc2ccc(Oc3ccc4nc(NC(=O)C5CC5)cn4c3)c(F)c2)nc1-c1ccccc1. The van der Waals surface area contributed by atoms with Crippen molar-refractivity contribution in [3.8, 4) is 22.8 Å². The van der Waals surface area contributed by atoms with Crippen molar-refractivity contribution in [2.24, 2.45) is 5.92 Å². The summed E-state index contributed by atoms with van der Waals surface area (Å²) in [6.45, 7) is 1.93. The lowest BCUT2D eigenvalue weighted by Gasteiger charge is -2.11. The van der Waals surface area contributed by atoms with Gasteiger partial charge in [-0.1, -0.05) is 36.4 Å². The molecule has 5 aromatic rings. The molecule has 0 unspecified atom stereocenters. The summed E-state index contributed by atoms with van der Waals surface area (Å²) in [4.78, 5) is 33.8. The van der Waals surface area contributed by atoms with Gasteiger partial charge in [0.05, 0.1) is 18.1 Å². The van der Waals surface area contributed by atoms with Crippen molar-refractivity contribution >= 4 is 29.0 Å². The van der Waals surface area contributed by atoms with Crippen molar-refractivity contribution in [3.05, 3.63) is 102 Å². The van der Waals surface area contributed by atoms with Gasteiger partial charge in [0.1, 0.15) is 17.1 Å². The van der Waals surface area contributed by atoms with E-state index in [9.17, 15) is 14.0 Å². The molecule has 1 saturated carbocycles. The van der Waals surface area contributed by atoms with E-state index in [1.165, 1.54) is 12.1 Å². The number of ether oxygens (including phenoxy) is 1. The third kappa shape index (κ3) is 5.33. The second kappa shape index (κ2) is 10.0. The Bertz CT molecular complexity index is 1710. The van der Waals surface area contributed by atoms with E-state index >= 15 is 0 Å². The number of imidazole rings is 1. The number of carbonyl (C=O) groups is 2. The van der Waals surface area contributed by atoms with Crippen LogP contribution in [0.25, 0.3) is 16.9 Å². The molecule has 0 spiro atoms. The minimum Gasteiger partial charge on any atom is -0.453 e. The number of hydrogen-bond acceptors (Lipinski definition) is 5. The number of nitrogens with zero attached hydrogens (tertiary/aromatic N) is 3. The number of benzene rings is 2. The molecule has 2 N–H and O–H groups in total. The second-order valence-corrected chi connectivity index (χ2v) is 9.45. The van der Waals surface area contributed by atoms with Gasteiger partial charge in [-0.15, -0.1) is 0 Å². The fraction of sp³-hybridized carbons (Fsp3) is 0.133. The molecular weight excluding hydrogens is 497 g/mol. The molecule has 0 saturated heterocycles. The van der Waals surface area contributed by atoms with Gasteiger partial charge in [0, 0.05) is 23.2 Å². The molecule has 0 bridgehead atoms. The zero-order valence-electron chi connectivity index (χ0n) is 21.0. The predicted octanol–water partition coefficient (Wildman–Crippen LogP) is 6.24. The molecule has 0 radical (unpaired) electrons. The highest BCUT2D eigenvalue weighted by Crippen LogP contribution is 2.31. The maximum absolute atomic E-state index is 14.9. The highest BCUT2D eigenvalue weighted by atomic mass is 19.1. The van der Waals surface area contributed by atoms with Crippen LogP contribution in [0.15, 0.2) is 85.2 Å². The summed E-state index contributed by atoms with van der Waals surface area (Å²) < 4.78 is 22.4. The Morgan fingerprint density at radius 1 is 0.949 bits per heavy atom. The van der Waals surface area contributed by atoms with E-state index < -0.39 is 11.7 Å². The molecule has 2 amide bonds. The largest absolute Gasteiger partial charge is 0.453 e. The van der Waals surface area contributed by atoms with Crippen LogP contribution < -0.4 is 15.4 Å². The smallest absolute Gasteiger partial charge is 0.274 e. The number of halogens is 1. The van der Waals surface area contributed by atoms with Crippen LogP contribution in [0, 0.1) is 18.7 Å². The molecule has 1 fully saturated rings. The van der Waals surface area contributed by atoms with E-state index in [4.69, 9.17) is 4.74 Å². The van der Waals surface area contributed by atoms with Crippen LogP contribution in [-0.2, 0) is 4.79 Å². The topological polar surface area (TPSA) is 97.6 Å². The number of anilines is 2. The van der Waals surface area contributed by atoms with Gasteiger partial charge in [-0.3, -0.25) is 9.59 Å². The van der Waals surface area contributed by atoms with Gasteiger partial charge in [0.2, 0.25) is 5.91 Å². The Morgan fingerprint density at radius 2 is 1.77 bits per heavy atom. The van der Waals surface area contributed by atoms with E-state index in [1.54, 1.807) is 41.1 Å². The van der Waals surface area contributed by atoms with E-state index in [0.717, 1.165) is 24.0 Å². The molecular formula is C30H24FN5O3. The number of fused-ring (bicyclic) bond motifs is 1. The number of pyridine rings is 2. The van der Waals surface area contributed by atoms with Crippen molar-refractivity contribution < 1.29 is 18.7 Å². The van der Waals surface area contributed by atoms with Gasteiger partial charge in [0.25, 0.3) is 5.91 Å². The van der Waals surface area contributed by atoms with Gasteiger partial charge in [-0.2, -0.15) is 0 Å². The summed E-state index contributed by atoms with van der Waals surface area (Å²) in [5.41, 5.74) is 3.68. The van der Waals surface area contributed by atoms with Crippen molar-refractivity contribution in [3.63, 3.8) is 0 Å². The number of aryl methyl sites for hydroxylation is 1. The maximum Gasteiger partial charge on any atom is 0.274 e. The monoisotopic (exact) mass is 521 g/mol. The Balaban J connectivity index is 1.15. The fourth-order valence-electron chi connectivity index (χ4n) is 4.19.